The number of halogens is 4. The molecule has 1 aliphatic rings. The molecule has 1 aliphatic heterocycles. The molecule has 5 rings (SSSR count). The fourth-order valence-electron chi connectivity index (χ4n) is 4.24. The molecule has 4 aromatic rings. The summed E-state index contributed by atoms with van der Waals surface area (Å²) in [5.41, 5.74) is 0.542. The molecule has 10 nitrogen and oxygen atoms in total. The van der Waals surface area contributed by atoms with Crippen LogP contribution in [0.4, 0.5) is 23.5 Å². The first-order chi connectivity index (χ1) is 19.6. The average Bonchev–Trinajstić information content (AvgIpc) is 3.43. The molecule has 3 aromatic heterocycles. The van der Waals surface area contributed by atoms with Gasteiger partial charge in [0.25, 0.3) is 5.92 Å². The molecule has 0 unspecified atom stereocenters. The van der Waals surface area contributed by atoms with Gasteiger partial charge in [-0.1, -0.05) is 11.3 Å². The van der Waals surface area contributed by atoms with Crippen LogP contribution in [0, 0.1) is 5.82 Å². The van der Waals surface area contributed by atoms with Gasteiger partial charge in [-0.15, -0.1) is 10.2 Å². The van der Waals surface area contributed by atoms with E-state index in [1.54, 1.807) is 0 Å². The second-order valence-electron chi connectivity index (χ2n) is 8.17. The van der Waals surface area contributed by atoms with Crippen LogP contribution in [-0.4, -0.2) is 79.2 Å². The van der Waals surface area contributed by atoms with Crippen molar-refractivity contribution in [3.63, 3.8) is 0 Å². The van der Waals surface area contributed by atoms with Crippen molar-refractivity contribution >= 4 is 28.4 Å². The summed E-state index contributed by atoms with van der Waals surface area (Å²) < 4.78 is 110. The summed E-state index contributed by atoms with van der Waals surface area (Å²) in [5, 5.41) is 14.2. The summed E-state index contributed by atoms with van der Waals surface area (Å²) >= 11 is 0. The number of anilines is 1. The molecule has 1 saturated heterocycles. The van der Waals surface area contributed by atoms with Crippen molar-refractivity contribution in [1.82, 2.24) is 34.5 Å². The maximum absolute atomic E-state index is 15.4. The molecule has 1 atom stereocenters. The predicted molar refractivity (Wildman–Crippen MR) is 121 cm³/mol. The number of nitrogens with zero attached hydrogens (tertiary/aromatic N) is 7. The van der Waals surface area contributed by atoms with Crippen molar-refractivity contribution in [1.29, 1.82) is 0 Å². The van der Waals surface area contributed by atoms with E-state index in [0.717, 1.165) is 10.7 Å². The molecule has 1 fully saturated rings. The number of nitrogens with one attached hydrogen (secondary N) is 1. The van der Waals surface area contributed by atoms with E-state index in [2.05, 4.69) is 25.7 Å². The standard InChI is InChI=1S/C22H22F4N8O2/c1-12(35)32-7-5-17(22(25,26)11-32)27-21-28-20(36-2)19-18(14(24)10-34(19)30-21)13-3-4-15-16(9-13)33(8-6-23)31-29-15/h3-4,9-10,17H,5-8,11H2,1-2H3,(H,27,30)/t17-/m1/s1/i1D3,2D3. The van der Waals surface area contributed by atoms with Crippen LogP contribution in [0.1, 0.15) is 21.5 Å². The van der Waals surface area contributed by atoms with Crippen molar-refractivity contribution in [2.75, 3.05) is 32.1 Å². The Balaban J connectivity index is 1.54. The van der Waals surface area contributed by atoms with Crippen LogP contribution in [0.25, 0.3) is 27.7 Å². The molecule has 0 radical (unpaired) electrons. The fraction of sp³-hybridized carbons (Fsp3) is 0.409. The minimum atomic E-state index is -3.64. The van der Waals surface area contributed by atoms with E-state index in [1.807, 2.05) is 0 Å². The van der Waals surface area contributed by atoms with Gasteiger partial charge in [-0.25, -0.2) is 26.8 Å². The molecule has 0 aliphatic carbocycles. The van der Waals surface area contributed by atoms with Crippen molar-refractivity contribution in [2.24, 2.45) is 0 Å². The number of aryl methyl sites for hydroxylation is 1. The first-order valence-corrected chi connectivity index (χ1v) is 10.7. The number of hydrogen-bond donors (Lipinski definition) is 1. The first kappa shape index (κ1) is 17.5. The minimum absolute atomic E-state index is 0.113. The highest BCUT2D eigenvalue weighted by Gasteiger charge is 2.46. The Morgan fingerprint density at radius 3 is 3.00 bits per heavy atom. The lowest BCUT2D eigenvalue weighted by atomic mass is 10.0. The zero-order chi connectivity index (χ0) is 30.6. The Labute approximate surface area is 210 Å². The summed E-state index contributed by atoms with van der Waals surface area (Å²) in [7, 11) is -3.08. The highest BCUT2D eigenvalue weighted by atomic mass is 19.3. The number of alkyl halides is 3. The average molecular weight is 513 g/mol. The van der Waals surface area contributed by atoms with Gasteiger partial charge in [0.15, 0.2) is 5.82 Å². The number of aromatic nitrogens is 6. The lowest BCUT2D eigenvalue weighted by molar-refractivity contribution is -0.140. The number of carbonyl (C=O) groups excluding carboxylic acids is 1. The van der Waals surface area contributed by atoms with Crippen molar-refractivity contribution in [3.8, 4) is 17.0 Å². The number of benzene rings is 1. The van der Waals surface area contributed by atoms with E-state index < -0.39 is 69.0 Å². The molecule has 14 heteroatoms. The molecule has 36 heavy (non-hydrogen) atoms. The molecule has 0 spiro atoms. The quantitative estimate of drug-likeness (QED) is 0.397. The highest BCUT2D eigenvalue weighted by Crippen LogP contribution is 2.36. The van der Waals surface area contributed by atoms with Gasteiger partial charge in [0, 0.05) is 17.5 Å². The SMILES string of the molecule is [2H]C([2H])([2H])Oc1nc(N[C@@H]2CCN(C(=O)C([2H])([2H])[2H])CC2(F)F)nn2cc(F)c(-c3ccc4nnn(CCF)c4c3)c12. The zero-order valence-corrected chi connectivity index (χ0v) is 18.4. The number of piperidine rings is 1. The molecular formula is C22H22F4N8O2. The Bertz CT molecular complexity index is 1660. The second-order valence-corrected chi connectivity index (χ2v) is 8.17. The van der Waals surface area contributed by atoms with E-state index in [0.29, 0.717) is 15.9 Å². The van der Waals surface area contributed by atoms with Gasteiger partial charge in [0.05, 0.1) is 47.6 Å². The minimum Gasteiger partial charge on any atom is -0.479 e. The summed E-state index contributed by atoms with van der Waals surface area (Å²) in [4.78, 5) is 16.5. The second kappa shape index (κ2) is 8.91. The fourth-order valence-corrected chi connectivity index (χ4v) is 4.24. The van der Waals surface area contributed by atoms with Gasteiger partial charge in [0.1, 0.15) is 17.7 Å². The molecule has 190 valence electrons. The Hall–Kier alpha value is -3.97. The van der Waals surface area contributed by atoms with Crippen LogP contribution < -0.4 is 10.1 Å². The smallest absolute Gasteiger partial charge is 0.285 e. The monoisotopic (exact) mass is 512 g/mol. The number of methoxy groups -OCH3 is 1. The lowest BCUT2D eigenvalue weighted by Gasteiger charge is -2.38. The zero-order valence-electron chi connectivity index (χ0n) is 24.4. The summed E-state index contributed by atoms with van der Waals surface area (Å²) in [6.07, 6.45) is 0.471. The van der Waals surface area contributed by atoms with Crippen LogP contribution in [0.15, 0.2) is 24.4 Å². The molecular weight excluding hydrogens is 484 g/mol. The van der Waals surface area contributed by atoms with E-state index in [9.17, 15) is 18.0 Å². The van der Waals surface area contributed by atoms with E-state index in [4.69, 9.17) is 13.0 Å². The van der Waals surface area contributed by atoms with Gasteiger partial charge >= 0.3 is 0 Å². The summed E-state index contributed by atoms with van der Waals surface area (Å²) in [6, 6.07) is 2.74. The van der Waals surface area contributed by atoms with E-state index in [-0.39, 0.29) is 29.7 Å². The third-order valence-corrected chi connectivity index (χ3v) is 5.94. The largest absolute Gasteiger partial charge is 0.479 e. The number of likely N-dealkylation sites (tertiary alicyclic amines) is 1. The number of hydrogen-bond acceptors (Lipinski definition) is 7. The van der Waals surface area contributed by atoms with Crippen molar-refractivity contribution < 1.29 is 35.3 Å². The Kier molecular flexibility index (Phi) is 4.32. The maximum atomic E-state index is 15.4. The molecule has 0 saturated carbocycles. The molecule has 1 amide bonds. The Morgan fingerprint density at radius 1 is 1.39 bits per heavy atom. The number of amides is 1. The van der Waals surface area contributed by atoms with E-state index >= 15 is 4.39 Å². The van der Waals surface area contributed by atoms with Crippen LogP contribution in [0.3, 0.4) is 0 Å². The first-order valence-electron chi connectivity index (χ1n) is 13.7. The van der Waals surface area contributed by atoms with Gasteiger partial charge in [0.2, 0.25) is 17.7 Å². The topological polar surface area (TPSA) is 102 Å². The highest BCUT2D eigenvalue weighted by molar-refractivity contribution is 5.89. The third-order valence-electron chi connectivity index (χ3n) is 5.94. The van der Waals surface area contributed by atoms with Gasteiger partial charge < -0.3 is 15.0 Å². The summed E-state index contributed by atoms with van der Waals surface area (Å²) in [6.45, 7) is -5.44. The number of fused-ring (bicyclic) bond motifs is 2. The lowest BCUT2D eigenvalue weighted by Crippen LogP contribution is -2.55. The van der Waals surface area contributed by atoms with Crippen LogP contribution >= 0.6 is 0 Å². The third kappa shape index (κ3) is 4.05. The predicted octanol–water partition coefficient (Wildman–Crippen LogP) is 2.93. The molecule has 1 N–H and O–H groups in total. The summed E-state index contributed by atoms with van der Waals surface area (Å²) in [5.74, 6) is -7.13. The maximum Gasteiger partial charge on any atom is 0.285 e. The van der Waals surface area contributed by atoms with Crippen LogP contribution in [0.2, 0.25) is 0 Å². The number of ether oxygens (including phenoxy) is 1. The van der Waals surface area contributed by atoms with Gasteiger partial charge in [-0.2, -0.15) is 4.98 Å². The normalized spacial score (nSPS) is 20.8. The van der Waals surface area contributed by atoms with Crippen LogP contribution in [0.5, 0.6) is 5.88 Å². The molecule has 0 bridgehead atoms. The van der Waals surface area contributed by atoms with Crippen molar-refractivity contribution in [2.45, 2.75) is 31.8 Å². The van der Waals surface area contributed by atoms with Crippen LogP contribution in [-0.2, 0) is 11.3 Å². The number of carbonyl (C=O) groups is 1. The molecule has 4 heterocycles. The Morgan fingerprint density at radius 2 is 2.25 bits per heavy atom. The van der Waals surface area contributed by atoms with Crippen molar-refractivity contribution in [3.05, 3.63) is 30.2 Å². The molecule has 1 aromatic carbocycles. The van der Waals surface area contributed by atoms with E-state index in [1.165, 1.54) is 22.9 Å². The number of rotatable bonds is 6. The van der Waals surface area contributed by atoms with Gasteiger partial charge in [-0.05, 0) is 24.1 Å². The van der Waals surface area contributed by atoms with Gasteiger partial charge in [-0.3, -0.25) is 4.79 Å².